The average Bonchev–Trinajstić information content (AvgIpc) is 3.05. The number of rotatable bonds is 5. The Labute approximate surface area is 138 Å². The molecule has 1 N–H and O–H groups in total. The Balaban J connectivity index is 2.25. The van der Waals surface area contributed by atoms with Crippen molar-refractivity contribution in [1.29, 1.82) is 0 Å². The Kier molecular flexibility index (Phi) is 5.08. The summed E-state index contributed by atoms with van der Waals surface area (Å²) in [6.45, 7) is 2.08. The number of hydrogen-bond donors (Lipinski definition) is 1. The number of amides is 1. The van der Waals surface area contributed by atoms with Crippen molar-refractivity contribution in [2.45, 2.75) is 37.1 Å². The summed E-state index contributed by atoms with van der Waals surface area (Å²) in [5, 5.41) is 2.66. The molecule has 1 aromatic rings. The van der Waals surface area contributed by atoms with Gasteiger partial charge in [-0.2, -0.15) is 0 Å². The molecule has 1 aliphatic rings. The summed E-state index contributed by atoms with van der Waals surface area (Å²) in [6.07, 6.45) is 3.02. The Hall–Kier alpha value is -0.490. The van der Waals surface area contributed by atoms with Gasteiger partial charge in [-0.1, -0.05) is 36.5 Å². The van der Waals surface area contributed by atoms with Crippen LogP contribution >= 0.6 is 33.9 Å². The van der Waals surface area contributed by atoms with Crippen molar-refractivity contribution in [3.8, 4) is 0 Å². The number of nitrogens with one attached hydrogen (secondary N) is 1. The van der Waals surface area contributed by atoms with Crippen LogP contribution in [0.2, 0.25) is 10.0 Å². The summed E-state index contributed by atoms with van der Waals surface area (Å²) in [4.78, 5) is 11.9. The number of hydrogen-bond acceptors (Lipinski definition) is 3. The molecule has 0 radical (unpaired) electrons. The molecule has 2 unspecified atom stereocenters. The zero-order valence-electron chi connectivity index (χ0n) is 11.2. The number of carbonyl (C=O) groups excluding carboxylic acids is 1. The lowest BCUT2D eigenvalue weighted by atomic mass is 10.2. The van der Waals surface area contributed by atoms with Crippen molar-refractivity contribution in [3.63, 3.8) is 0 Å². The molecule has 8 heteroatoms. The molecular weight excluding hydrogens is 357 g/mol. The molecule has 4 nitrogen and oxygen atoms in total. The van der Waals surface area contributed by atoms with Gasteiger partial charge in [-0.05, 0) is 30.9 Å². The molecule has 0 aromatic heterocycles. The minimum atomic E-state index is -4.04. The Bertz CT molecular complexity index is 675. The largest absolute Gasteiger partial charge is 0.349 e. The molecule has 1 fully saturated rings. The van der Waals surface area contributed by atoms with Gasteiger partial charge in [0.1, 0.15) is 4.90 Å². The normalized spacial score (nSPS) is 21.1. The van der Waals surface area contributed by atoms with E-state index in [1.807, 2.05) is 0 Å². The van der Waals surface area contributed by atoms with Crippen LogP contribution in [0, 0.1) is 5.92 Å². The molecule has 0 heterocycles. The minimum Gasteiger partial charge on any atom is -0.349 e. The highest BCUT2D eigenvalue weighted by Gasteiger charge is 2.38. The van der Waals surface area contributed by atoms with Crippen molar-refractivity contribution in [2.75, 3.05) is 0 Å². The quantitative estimate of drug-likeness (QED) is 0.801. The van der Waals surface area contributed by atoms with Gasteiger partial charge < -0.3 is 5.32 Å². The van der Waals surface area contributed by atoms with E-state index in [1.54, 1.807) is 0 Å². The first-order valence-electron chi connectivity index (χ1n) is 6.49. The van der Waals surface area contributed by atoms with E-state index in [0.29, 0.717) is 5.92 Å². The van der Waals surface area contributed by atoms with E-state index in [1.165, 1.54) is 12.1 Å². The fourth-order valence-corrected chi connectivity index (χ4v) is 4.18. The Morgan fingerprint density at radius 2 is 2.05 bits per heavy atom. The van der Waals surface area contributed by atoms with Gasteiger partial charge in [-0.3, -0.25) is 4.79 Å². The first-order valence-corrected chi connectivity index (χ1v) is 9.55. The maximum Gasteiger partial charge on any atom is 0.262 e. The van der Waals surface area contributed by atoms with Crippen molar-refractivity contribution < 1.29 is 13.2 Å². The molecule has 0 aliphatic heterocycles. The molecule has 21 heavy (non-hydrogen) atoms. The SMILES string of the molecule is CCCC1CC1NC(=O)c1c(Cl)ccc(S(=O)(=O)Cl)c1Cl. The lowest BCUT2D eigenvalue weighted by Gasteiger charge is -2.10. The van der Waals surface area contributed by atoms with Crippen LogP contribution in [-0.2, 0) is 9.05 Å². The molecule has 1 amide bonds. The van der Waals surface area contributed by atoms with Crippen LogP contribution in [0.3, 0.4) is 0 Å². The monoisotopic (exact) mass is 369 g/mol. The van der Waals surface area contributed by atoms with Gasteiger partial charge >= 0.3 is 0 Å². The van der Waals surface area contributed by atoms with Gasteiger partial charge in [0.25, 0.3) is 15.0 Å². The van der Waals surface area contributed by atoms with Gasteiger partial charge in [-0.25, -0.2) is 8.42 Å². The Morgan fingerprint density at radius 3 is 2.62 bits per heavy atom. The van der Waals surface area contributed by atoms with E-state index < -0.39 is 15.0 Å². The maximum atomic E-state index is 12.2. The lowest BCUT2D eigenvalue weighted by molar-refractivity contribution is 0.0949. The predicted octanol–water partition coefficient (Wildman–Crippen LogP) is 3.84. The molecule has 0 spiro atoms. The van der Waals surface area contributed by atoms with Gasteiger partial charge in [0, 0.05) is 16.7 Å². The summed E-state index contributed by atoms with van der Waals surface area (Å²) in [6, 6.07) is 2.58. The van der Waals surface area contributed by atoms with Crippen LogP contribution in [0.15, 0.2) is 17.0 Å². The molecule has 1 saturated carbocycles. The molecule has 1 aromatic carbocycles. The molecule has 0 bridgehead atoms. The second-order valence-electron chi connectivity index (χ2n) is 5.04. The highest BCUT2D eigenvalue weighted by Crippen LogP contribution is 2.37. The van der Waals surface area contributed by atoms with Crippen LogP contribution in [0.5, 0.6) is 0 Å². The topological polar surface area (TPSA) is 63.2 Å². The highest BCUT2D eigenvalue weighted by atomic mass is 35.7. The van der Waals surface area contributed by atoms with Crippen LogP contribution in [-0.4, -0.2) is 20.4 Å². The van der Waals surface area contributed by atoms with E-state index in [9.17, 15) is 13.2 Å². The van der Waals surface area contributed by atoms with E-state index >= 15 is 0 Å². The summed E-state index contributed by atoms with van der Waals surface area (Å²) in [5.41, 5.74) is -0.0535. The highest BCUT2D eigenvalue weighted by molar-refractivity contribution is 8.13. The first-order chi connectivity index (χ1) is 9.75. The van der Waals surface area contributed by atoms with E-state index in [4.69, 9.17) is 33.9 Å². The van der Waals surface area contributed by atoms with Crippen molar-refractivity contribution in [2.24, 2.45) is 5.92 Å². The number of carbonyl (C=O) groups is 1. The number of halogens is 3. The lowest BCUT2D eigenvalue weighted by Crippen LogP contribution is -2.27. The standard InChI is InChI=1S/C13H14Cl3NO3S/c1-2-3-7-6-9(7)17-13(18)11-8(14)4-5-10(12(11)15)21(16,19)20/h4-5,7,9H,2-3,6H2,1H3,(H,17,18). The van der Waals surface area contributed by atoms with Crippen LogP contribution in [0.1, 0.15) is 36.5 Å². The molecule has 2 atom stereocenters. The zero-order chi connectivity index (χ0) is 15.8. The molecule has 2 rings (SSSR count). The fraction of sp³-hybridized carbons (Fsp3) is 0.462. The fourth-order valence-electron chi connectivity index (χ4n) is 2.28. The van der Waals surface area contributed by atoms with Crippen LogP contribution < -0.4 is 5.32 Å². The predicted molar refractivity (Wildman–Crippen MR) is 83.8 cm³/mol. The summed E-state index contributed by atoms with van der Waals surface area (Å²) in [7, 11) is 1.25. The van der Waals surface area contributed by atoms with E-state index in [0.717, 1.165) is 19.3 Å². The van der Waals surface area contributed by atoms with Crippen molar-refractivity contribution >= 4 is 48.8 Å². The average molecular weight is 371 g/mol. The van der Waals surface area contributed by atoms with Crippen LogP contribution in [0.4, 0.5) is 0 Å². The van der Waals surface area contributed by atoms with Crippen molar-refractivity contribution in [3.05, 3.63) is 27.7 Å². The van der Waals surface area contributed by atoms with E-state index in [2.05, 4.69) is 12.2 Å². The van der Waals surface area contributed by atoms with Crippen molar-refractivity contribution in [1.82, 2.24) is 5.32 Å². The molecular formula is C13H14Cl3NO3S. The summed E-state index contributed by atoms with van der Waals surface area (Å²) in [5.74, 6) is -0.00721. The molecule has 0 saturated heterocycles. The second kappa shape index (κ2) is 6.32. The third-order valence-corrected chi connectivity index (χ3v) is 5.63. The van der Waals surface area contributed by atoms with Gasteiger partial charge in [0.15, 0.2) is 0 Å². The molecule has 1 aliphatic carbocycles. The second-order valence-corrected chi connectivity index (χ2v) is 8.36. The first kappa shape index (κ1) is 16.9. The van der Waals surface area contributed by atoms with E-state index in [-0.39, 0.29) is 26.5 Å². The van der Waals surface area contributed by atoms with Gasteiger partial charge in [-0.15, -0.1) is 0 Å². The smallest absolute Gasteiger partial charge is 0.262 e. The Morgan fingerprint density at radius 1 is 1.38 bits per heavy atom. The summed E-state index contributed by atoms with van der Waals surface area (Å²) >= 11 is 12.0. The number of benzene rings is 1. The summed E-state index contributed by atoms with van der Waals surface area (Å²) < 4.78 is 22.8. The maximum absolute atomic E-state index is 12.2. The van der Waals surface area contributed by atoms with Gasteiger partial charge in [0.05, 0.1) is 15.6 Å². The molecule has 116 valence electrons. The third-order valence-electron chi connectivity index (χ3n) is 3.44. The zero-order valence-corrected chi connectivity index (χ0v) is 14.3. The van der Waals surface area contributed by atoms with Gasteiger partial charge in [0.2, 0.25) is 0 Å². The van der Waals surface area contributed by atoms with Crippen LogP contribution in [0.25, 0.3) is 0 Å². The third kappa shape index (κ3) is 3.83. The minimum absolute atomic E-state index is 0.0535.